The van der Waals surface area contributed by atoms with Gasteiger partial charge >= 0.3 is 0 Å². The molecule has 0 aliphatic rings. The van der Waals surface area contributed by atoms with Gasteiger partial charge in [0, 0.05) is 38.5 Å². The van der Waals surface area contributed by atoms with Crippen molar-refractivity contribution < 1.29 is 4.74 Å². The number of ether oxygens (including phenoxy) is 1. The van der Waals surface area contributed by atoms with E-state index in [1.54, 1.807) is 7.11 Å². The number of hydrogen-bond acceptors (Lipinski definition) is 2. The van der Waals surface area contributed by atoms with Crippen LogP contribution in [0.5, 0.6) is 0 Å². The van der Waals surface area contributed by atoms with Crippen LogP contribution in [-0.2, 0) is 17.8 Å². The standard InChI is InChI=1S/C15H20N2O/c1-3-8-17-9-6-14-5-4-13(11-15(14)17)12-16-7-10-18-2/h3-6,9,11,16H,1,7-8,10,12H2,2H3. The summed E-state index contributed by atoms with van der Waals surface area (Å²) in [5.74, 6) is 0. The van der Waals surface area contributed by atoms with E-state index in [0.717, 1.165) is 26.2 Å². The van der Waals surface area contributed by atoms with Gasteiger partial charge in [0.1, 0.15) is 0 Å². The average Bonchev–Trinajstić information content (AvgIpc) is 2.78. The van der Waals surface area contributed by atoms with Crippen molar-refractivity contribution in [3.8, 4) is 0 Å². The largest absolute Gasteiger partial charge is 0.383 e. The molecule has 0 bridgehead atoms. The number of allylic oxidation sites excluding steroid dienone is 1. The van der Waals surface area contributed by atoms with Gasteiger partial charge in [0.2, 0.25) is 0 Å². The smallest absolute Gasteiger partial charge is 0.0587 e. The zero-order valence-electron chi connectivity index (χ0n) is 10.9. The molecule has 0 aliphatic heterocycles. The van der Waals surface area contributed by atoms with Crippen LogP contribution in [0.25, 0.3) is 10.9 Å². The fourth-order valence-corrected chi connectivity index (χ4v) is 2.04. The second kappa shape index (κ2) is 6.38. The number of hydrogen-bond donors (Lipinski definition) is 1. The van der Waals surface area contributed by atoms with Gasteiger partial charge in [-0.1, -0.05) is 18.2 Å². The summed E-state index contributed by atoms with van der Waals surface area (Å²) in [4.78, 5) is 0. The van der Waals surface area contributed by atoms with E-state index < -0.39 is 0 Å². The Morgan fingerprint density at radius 2 is 2.28 bits per heavy atom. The summed E-state index contributed by atoms with van der Waals surface area (Å²) in [6, 6.07) is 8.71. The van der Waals surface area contributed by atoms with Gasteiger partial charge in [-0.25, -0.2) is 0 Å². The van der Waals surface area contributed by atoms with Crippen molar-refractivity contribution in [3.05, 3.63) is 48.7 Å². The van der Waals surface area contributed by atoms with E-state index in [9.17, 15) is 0 Å². The molecule has 0 unspecified atom stereocenters. The Balaban J connectivity index is 2.09. The molecular weight excluding hydrogens is 224 g/mol. The van der Waals surface area contributed by atoms with Crippen molar-refractivity contribution in [2.75, 3.05) is 20.3 Å². The molecule has 0 radical (unpaired) electrons. The Hall–Kier alpha value is -1.58. The molecule has 1 heterocycles. The highest BCUT2D eigenvalue weighted by Crippen LogP contribution is 2.17. The lowest BCUT2D eigenvalue weighted by molar-refractivity contribution is 0.199. The molecule has 0 atom stereocenters. The van der Waals surface area contributed by atoms with Crippen LogP contribution in [0.3, 0.4) is 0 Å². The molecule has 18 heavy (non-hydrogen) atoms. The molecule has 96 valence electrons. The maximum atomic E-state index is 5.01. The van der Waals surface area contributed by atoms with Gasteiger partial charge in [-0.2, -0.15) is 0 Å². The molecule has 0 spiro atoms. The molecule has 1 aromatic heterocycles. The zero-order valence-corrected chi connectivity index (χ0v) is 10.9. The minimum Gasteiger partial charge on any atom is -0.383 e. The molecule has 0 saturated heterocycles. The minimum absolute atomic E-state index is 0.745. The highest BCUT2D eigenvalue weighted by molar-refractivity contribution is 5.80. The van der Waals surface area contributed by atoms with Crippen LogP contribution in [0, 0.1) is 0 Å². The van der Waals surface area contributed by atoms with Crippen LogP contribution in [0.15, 0.2) is 43.1 Å². The van der Waals surface area contributed by atoms with Gasteiger partial charge in [0.15, 0.2) is 0 Å². The lowest BCUT2D eigenvalue weighted by Gasteiger charge is -2.06. The third kappa shape index (κ3) is 3.00. The van der Waals surface area contributed by atoms with Gasteiger partial charge in [-0.3, -0.25) is 0 Å². The van der Waals surface area contributed by atoms with Crippen LogP contribution in [0.2, 0.25) is 0 Å². The zero-order chi connectivity index (χ0) is 12.8. The van der Waals surface area contributed by atoms with Crippen LogP contribution in [-0.4, -0.2) is 24.8 Å². The maximum absolute atomic E-state index is 5.01. The van der Waals surface area contributed by atoms with Crippen molar-refractivity contribution in [1.29, 1.82) is 0 Å². The molecule has 0 fully saturated rings. The third-order valence-corrected chi connectivity index (χ3v) is 2.98. The normalized spacial score (nSPS) is 10.9. The predicted octanol–water partition coefficient (Wildman–Crippen LogP) is 2.56. The SMILES string of the molecule is C=CCn1ccc2ccc(CNCCOC)cc21. The van der Waals surface area contributed by atoms with Crippen LogP contribution < -0.4 is 5.32 Å². The van der Waals surface area contributed by atoms with E-state index >= 15 is 0 Å². The summed E-state index contributed by atoms with van der Waals surface area (Å²) in [5.41, 5.74) is 2.56. The summed E-state index contributed by atoms with van der Waals surface area (Å²) in [7, 11) is 1.72. The lowest BCUT2D eigenvalue weighted by atomic mass is 10.1. The molecule has 3 heteroatoms. The second-order valence-corrected chi connectivity index (χ2v) is 4.32. The third-order valence-electron chi connectivity index (χ3n) is 2.98. The van der Waals surface area contributed by atoms with Gasteiger partial charge in [-0.15, -0.1) is 6.58 Å². The summed E-state index contributed by atoms with van der Waals surface area (Å²) in [6.45, 7) is 7.13. The summed E-state index contributed by atoms with van der Waals surface area (Å²) in [6.07, 6.45) is 4.03. The first kappa shape index (κ1) is 12.9. The van der Waals surface area contributed by atoms with Crippen molar-refractivity contribution >= 4 is 10.9 Å². The van der Waals surface area contributed by atoms with E-state index in [-0.39, 0.29) is 0 Å². The van der Waals surface area contributed by atoms with E-state index in [1.807, 2.05) is 6.08 Å². The van der Waals surface area contributed by atoms with Crippen LogP contribution >= 0.6 is 0 Å². The summed E-state index contributed by atoms with van der Waals surface area (Å²) < 4.78 is 7.22. The number of aromatic nitrogens is 1. The Morgan fingerprint density at radius 1 is 1.39 bits per heavy atom. The molecular formula is C15H20N2O. The van der Waals surface area contributed by atoms with Crippen molar-refractivity contribution in [2.45, 2.75) is 13.1 Å². The highest BCUT2D eigenvalue weighted by Gasteiger charge is 2.01. The molecule has 2 aromatic rings. The van der Waals surface area contributed by atoms with E-state index in [0.29, 0.717) is 0 Å². The Bertz CT molecular complexity index is 516. The number of nitrogens with zero attached hydrogens (tertiary/aromatic N) is 1. The number of rotatable bonds is 7. The molecule has 1 N–H and O–H groups in total. The van der Waals surface area contributed by atoms with Crippen molar-refractivity contribution in [1.82, 2.24) is 9.88 Å². The summed E-state index contributed by atoms with van der Waals surface area (Å²) in [5, 5.41) is 4.63. The van der Waals surface area contributed by atoms with Gasteiger partial charge in [-0.05, 0) is 23.1 Å². The van der Waals surface area contributed by atoms with E-state index in [1.165, 1.54) is 16.5 Å². The highest BCUT2D eigenvalue weighted by atomic mass is 16.5. The van der Waals surface area contributed by atoms with Crippen LogP contribution in [0.1, 0.15) is 5.56 Å². The van der Waals surface area contributed by atoms with Crippen molar-refractivity contribution in [2.24, 2.45) is 0 Å². The minimum atomic E-state index is 0.745. The maximum Gasteiger partial charge on any atom is 0.0587 e. The molecule has 2 rings (SSSR count). The molecule has 1 aromatic carbocycles. The molecule has 0 aliphatic carbocycles. The number of nitrogens with one attached hydrogen (secondary N) is 1. The quantitative estimate of drug-likeness (QED) is 0.598. The Kier molecular flexibility index (Phi) is 4.56. The fraction of sp³-hybridized carbons (Fsp3) is 0.333. The Labute approximate surface area is 108 Å². The van der Waals surface area contributed by atoms with E-state index in [4.69, 9.17) is 4.74 Å². The number of benzene rings is 1. The van der Waals surface area contributed by atoms with Crippen molar-refractivity contribution in [3.63, 3.8) is 0 Å². The lowest BCUT2D eigenvalue weighted by Crippen LogP contribution is -2.18. The molecule has 0 saturated carbocycles. The van der Waals surface area contributed by atoms with Crippen LogP contribution in [0.4, 0.5) is 0 Å². The first-order chi connectivity index (χ1) is 8.85. The predicted molar refractivity (Wildman–Crippen MR) is 75.7 cm³/mol. The van der Waals surface area contributed by atoms with Gasteiger partial charge in [0.05, 0.1) is 6.61 Å². The summed E-state index contributed by atoms with van der Waals surface area (Å²) >= 11 is 0. The first-order valence-electron chi connectivity index (χ1n) is 6.23. The second-order valence-electron chi connectivity index (χ2n) is 4.32. The fourth-order valence-electron chi connectivity index (χ4n) is 2.04. The Morgan fingerprint density at radius 3 is 3.06 bits per heavy atom. The number of fused-ring (bicyclic) bond motifs is 1. The van der Waals surface area contributed by atoms with Gasteiger partial charge < -0.3 is 14.6 Å². The molecule has 3 nitrogen and oxygen atoms in total. The average molecular weight is 244 g/mol. The first-order valence-corrected chi connectivity index (χ1v) is 6.23. The van der Waals surface area contributed by atoms with E-state index in [2.05, 4.69) is 46.9 Å². The van der Waals surface area contributed by atoms with Gasteiger partial charge in [0.25, 0.3) is 0 Å². The monoisotopic (exact) mass is 244 g/mol. The number of methoxy groups -OCH3 is 1. The topological polar surface area (TPSA) is 26.2 Å². The molecule has 0 amide bonds.